The lowest BCUT2D eigenvalue weighted by Crippen LogP contribution is -2.38. The number of nitrogens with zero attached hydrogens (tertiary/aromatic N) is 3. The van der Waals surface area contributed by atoms with Crippen LogP contribution in [0, 0.1) is 5.82 Å². The molecule has 0 spiro atoms. The Kier molecular flexibility index (Phi) is 8.13. The summed E-state index contributed by atoms with van der Waals surface area (Å²) in [6, 6.07) is 12.5. The first-order valence-electron chi connectivity index (χ1n) is 12.7. The highest BCUT2D eigenvalue weighted by molar-refractivity contribution is 6.34. The monoisotopic (exact) mass is 552 g/mol. The van der Waals surface area contributed by atoms with Crippen LogP contribution < -0.4 is 20.1 Å². The minimum absolute atomic E-state index is 0.0464. The van der Waals surface area contributed by atoms with E-state index in [4.69, 9.17) is 21.1 Å². The van der Waals surface area contributed by atoms with Gasteiger partial charge in [-0.2, -0.15) is 0 Å². The molecule has 0 saturated carbocycles. The predicted molar refractivity (Wildman–Crippen MR) is 149 cm³/mol. The van der Waals surface area contributed by atoms with Crippen molar-refractivity contribution < 1.29 is 18.7 Å². The number of nitrogens with one attached hydrogen (secondary N) is 3. The molecular formula is C28H30ClFN6O3. The lowest BCUT2D eigenvalue weighted by atomic mass is 10.0. The first-order chi connectivity index (χ1) is 18.9. The van der Waals surface area contributed by atoms with Crippen molar-refractivity contribution in [3.63, 3.8) is 0 Å². The Morgan fingerprint density at radius 3 is 2.62 bits per heavy atom. The first kappa shape index (κ1) is 26.7. The number of imidazole rings is 1. The number of anilines is 1. The molecule has 11 heteroatoms. The van der Waals surface area contributed by atoms with Gasteiger partial charge in [-0.25, -0.2) is 14.4 Å². The lowest BCUT2D eigenvalue weighted by molar-refractivity contribution is -0.122. The van der Waals surface area contributed by atoms with Gasteiger partial charge in [-0.05, 0) is 43.2 Å². The van der Waals surface area contributed by atoms with Crippen molar-refractivity contribution in [2.45, 2.75) is 25.4 Å². The summed E-state index contributed by atoms with van der Waals surface area (Å²) in [7, 11) is 3.10. The zero-order valence-electron chi connectivity index (χ0n) is 21.8. The maximum Gasteiger partial charge on any atom is 0.257 e. The summed E-state index contributed by atoms with van der Waals surface area (Å²) in [6.45, 7) is 2.17. The number of ether oxygens (including phenoxy) is 2. The minimum Gasteiger partial charge on any atom is -0.497 e. The van der Waals surface area contributed by atoms with Gasteiger partial charge in [0, 0.05) is 49.9 Å². The Labute approximate surface area is 230 Å². The molecule has 0 atom stereocenters. The molecule has 1 aliphatic rings. The molecule has 2 aromatic heterocycles. The average Bonchev–Trinajstić information content (AvgIpc) is 3.40. The van der Waals surface area contributed by atoms with Crippen molar-refractivity contribution in [1.29, 1.82) is 0 Å². The van der Waals surface area contributed by atoms with E-state index in [0.717, 1.165) is 42.7 Å². The molecule has 0 aliphatic carbocycles. The van der Waals surface area contributed by atoms with E-state index in [1.54, 1.807) is 37.5 Å². The minimum atomic E-state index is -0.248. The van der Waals surface area contributed by atoms with Crippen molar-refractivity contribution in [3.05, 3.63) is 65.1 Å². The quantitative estimate of drug-likeness (QED) is 0.278. The van der Waals surface area contributed by atoms with Crippen molar-refractivity contribution >= 4 is 34.4 Å². The summed E-state index contributed by atoms with van der Waals surface area (Å²) < 4.78 is 25.0. The van der Waals surface area contributed by atoms with E-state index >= 15 is 0 Å². The largest absolute Gasteiger partial charge is 0.497 e. The van der Waals surface area contributed by atoms with Crippen molar-refractivity contribution in [1.82, 2.24) is 25.2 Å². The number of pyridine rings is 1. The molecule has 4 aromatic rings. The number of methoxy groups -OCH3 is 1. The maximum absolute atomic E-state index is 14.4. The number of hydrogen-bond acceptors (Lipinski definition) is 7. The molecule has 1 fully saturated rings. The number of hydrogen-bond donors (Lipinski definition) is 3. The SMILES string of the molecule is CNC(=O)COc1ccc(-c2nc3ncc(Cl)c(NC4CCN(Cc5ccc(OC)cc5F)CC4)c3[nH]2)cc1. The van der Waals surface area contributed by atoms with Crippen LogP contribution in [-0.4, -0.2) is 65.7 Å². The molecule has 0 radical (unpaired) electrons. The Morgan fingerprint density at radius 1 is 1.18 bits per heavy atom. The zero-order chi connectivity index (χ0) is 27.4. The molecule has 1 saturated heterocycles. The number of carbonyl (C=O) groups excluding carboxylic acids is 1. The van der Waals surface area contributed by atoms with E-state index in [1.165, 1.54) is 13.2 Å². The number of rotatable bonds is 9. The molecule has 204 valence electrons. The second-order valence-electron chi connectivity index (χ2n) is 9.40. The van der Waals surface area contributed by atoms with Gasteiger partial charge < -0.3 is 25.1 Å². The summed E-state index contributed by atoms with van der Waals surface area (Å²) in [4.78, 5) is 26.1. The van der Waals surface area contributed by atoms with Gasteiger partial charge >= 0.3 is 0 Å². The number of halogens is 2. The Morgan fingerprint density at radius 2 is 1.92 bits per heavy atom. The maximum atomic E-state index is 14.4. The molecule has 3 N–H and O–H groups in total. The third-order valence-corrected chi connectivity index (χ3v) is 7.13. The van der Waals surface area contributed by atoms with Crippen LogP contribution in [0.4, 0.5) is 10.1 Å². The van der Waals surface area contributed by atoms with Gasteiger partial charge in [0.1, 0.15) is 28.7 Å². The average molecular weight is 553 g/mol. The molecule has 1 aliphatic heterocycles. The van der Waals surface area contributed by atoms with E-state index in [2.05, 4.69) is 30.5 Å². The molecular weight excluding hydrogens is 523 g/mol. The first-order valence-corrected chi connectivity index (χ1v) is 13.1. The van der Waals surface area contributed by atoms with Gasteiger partial charge in [-0.15, -0.1) is 0 Å². The number of H-pyrrole nitrogens is 1. The van der Waals surface area contributed by atoms with E-state index in [-0.39, 0.29) is 24.4 Å². The smallest absolute Gasteiger partial charge is 0.257 e. The van der Waals surface area contributed by atoms with E-state index in [1.807, 2.05) is 12.1 Å². The molecule has 9 nitrogen and oxygen atoms in total. The van der Waals surface area contributed by atoms with Crippen molar-refractivity contribution in [2.24, 2.45) is 0 Å². The van der Waals surface area contributed by atoms with E-state index in [0.29, 0.717) is 40.1 Å². The molecule has 5 rings (SSSR count). The van der Waals surface area contributed by atoms with Crippen molar-refractivity contribution in [3.8, 4) is 22.9 Å². The standard InChI is InChI=1S/C28H30ClFN6O3/c1-31-24(37)16-39-20-6-3-17(4-7-20)27-34-26-25(22(29)14-32-28(26)35-27)33-19-9-11-36(12-10-19)15-18-5-8-21(38-2)13-23(18)30/h3-8,13-14,19H,9-12,15-16H2,1-2H3,(H,31,37)(H2,32,33,34,35). The normalized spacial score (nSPS) is 14.4. The van der Waals surface area contributed by atoms with Crippen molar-refractivity contribution in [2.75, 3.05) is 39.2 Å². The van der Waals surface area contributed by atoms with E-state index < -0.39 is 0 Å². The third-order valence-electron chi connectivity index (χ3n) is 6.84. The van der Waals surface area contributed by atoms with Gasteiger partial charge in [-0.3, -0.25) is 9.69 Å². The molecule has 2 aromatic carbocycles. The molecule has 0 unspecified atom stereocenters. The Bertz CT molecular complexity index is 1450. The number of likely N-dealkylation sites (tertiary alicyclic amines) is 1. The Balaban J connectivity index is 1.24. The van der Waals surface area contributed by atoms with Crippen LogP contribution in [0.15, 0.2) is 48.7 Å². The van der Waals surface area contributed by atoms with Gasteiger partial charge in [0.05, 0.1) is 24.0 Å². The number of fused-ring (bicyclic) bond motifs is 1. The summed E-state index contributed by atoms with van der Waals surface area (Å²) in [5, 5.41) is 6.62. The molecule has 1 amide bonds. The summed E-state index contributed by atoms with van der Waals surface area (Å²) in [5.41, 5.74) is 3.58. The lowest BCUT2D eigenvalue weighted by Gasteiger charge is -2.33. The van der Waals surface area contributed by atoms with Crippen LogP contribution in [0.3, 0.4) is 0 Å². The van der Waals surface area contributed by atoms with Gasteiger partial charge in [0.25, 0.3) is 5.91 Å². The summed E-state index contributed by atoms with van der Waals surface area (Å²) in [5.74, 6) is 1.31. The molecule has 39 heavy (non-hydrogen) atoms. The van der Waals surface area contributed by atoms with Crippen LogP contribution in [0.5, 0.6) is 11.5 Å². The van der Waals surface area contributed by atoms with E-state index in [9.17, 15) is 9.18 Å². The number of benzene rings is 2. The van der Waals surface area contributed by atoms with Gasteiger partial charge in [0.15, 0.2) is 12.3 Å². The van der Waals surface area contributed by atoms with Crippen LogP contribution in [-0.2, 0) is 11.3 Å². The highest BCUT2D eigenvalue weighted by atomic mass is 35.5. The molecule has 0 bridgehead atoms. The summed E-state index contributed by atoms with van der Waals surface area (Å²) in [6.07, 6.45) is 3.38. The molecule has 3 heterocycles. The topological polar surface area (TPSA) is 104 Å². The fraction of sp³-hybridized carbons (Fsp3) is 0.321. The van der Waals surface area contributed by atoms with Crippen LogP contribution in [0.2, 0.25) is 5.02 Å². The highest BCUT2D eigenvalue weighted by Gasteiger charge is 2.23. The second kappa shape index (κ2) is 11.9. The summed E-state index contributed by atoms with van der Waals surface area (Å²) >= 11 is 6.56. The number of piperidine rings is 1. The number of aromatic amines is 1. The number of carbonyl (C=O) groups is 1. The number of likely N-dealkylation sites (N-methyl/N-ethyl adjacent to an activating group) is 1. The predicted octanol–water partition coefficient (Wildman–Crippen LogP) is 4.63. The van der Waals surface area contributed by atoms with Crippen LogP contribution >= 0.6 is 11.6 Å². The number of amides is 1. The zero-order valence-corrected chi connectivity index (χ0v) is 22.5. The van der Waals surface area contributed by atoms with Crippen LogP contribution in [0.25, 0.3) is 22.6 Å². The fourth-order valence-corrected chi connectivity index (χ4v) is 4.80. The second-order valence-corrected chi connectivity index (χ2v) is 9.81. The fourth-order valence-electron chi connectivity index (χ4n) is 4.61. The third kappa shape index (κ3) is 6.23. The van der Waals surface area contributed by atoms with Gasteiger partial charge in [0.2, 0.25) is 0 Å². The number of aromatic nitrogens is 3. The van der Waals surface area contributed by atoms with Gasteiger partial charge in [-0.1, -0.05) is 17.7 Å². The highest BCUT2D eigenvalue weighted by Crippen LogP contribution is 2.32. The Hall–Kier alpha value is -3.89. The van der Waals surface area contributed by atoms with Crippen LogP contribution in [0.1, 0.15) is 18.4 Å².